The largest absolute Gasteiger partial charge is 0.375 e. The van der Waals surface area contributed by atoms with Crippen molar-refractivity contribution in [2.75, 3.05) is 17.9 Å². The summed E-state index contributed by atoms with van der Waals surface area (Å²) in [5.41, 5.74) is 0.398. The number of carbonyl (C=O) groups is 1. The van der Waals surface area contributed by atoms with Crippen molar-refractivity contribution < 1.29 is 22.3 Å². The van der Waals surface area contributed by atoms with Crippen molar-refractivity contribution in [3.8, 4) is 0 Å². The summed E-state index contributed by atoms with van der Waals surface area (Å²) in [5.74, 6) is -0.778. The molecule has 2 aromatic carbocycles. The molecule has 0 aliphatic carbocycles. The lowest BCUT2D eigenvalue weighted by atomic mass is 10.1. The van der Waals surface area contributed by atoms with Crippen LogP contribution in [0.4, 0.5) is 10.1 Å². The number of morpholine rings is 1. The Morgan fingerprint density at radius 3 is 2.57 bits per heavy atom. The molecule has 0 aromatic heterocycles. The summed E-state index contributed by atoms with van der Waals surface area (Å²) in [7, 11) is -4.07. The smallest absolute Gasteiger partial charge is 0.263 e. The monoisotopic (exact) mass is 426 g/mol. The molecule has 1 saturated heterocycles. The highest BCUT2D eigenvalue weighted by atomic mass is 35.5. The second-order valence-electron chi connectivity index (χ2n) is 6.71. The van der Waals surface area contributed by atoms with Gasteiger partial charge in [-0.25, -0.2) is 12.8 Å². The Balaban J connectivity index is 1.90. The Bertz CT molecular complexity index is 982. The first kappa shape index (κ1) is 20.6. The van der Waals surface area contributed by atoms with Crippen molar-refractivity contribution in [3.63, 3.8) is 0 Å². The molecule has 3 rings (SSSR count). The van der Waals surface area contributed by atoms with Gasteiger partial charge < -0.3 is 9.64 Å². The number of benzene rings is 2. The third-order valence-corrected chi connectivity index (χ3v) is 6.30. The molecule has 0 saturated carbocycles. The molecule has 0 radical (unpaired) electrons. The standard InChI is InChI=1S/C19H20ClFN2O4S/c1-12-11-27-13(2)10-23(12)19(24)14-3-8-17(20)18(9-14)28(25,26)22-16-6-4-15(21)5-7-16/h3-9,12-13,22H,10-11H2,1-2H3/t12-,13-/m1/s1. The minimum absolute atomic E-state index is 0.0189. The van der Waals surface area contributed by atoms with Gasteiger partial charge in [0.25, 0.3) is 15.9 Å². The molecule has 1 heterocycles. The molecule has 150 valence electrons. The van der Waals surface area contributed by atoms with Gasteiger partial charge in [-0.15, -0.1) is 0 Å². The SMILES string of the molecule is C[C@@H]1CN(C(=O)c2ccc(Cl)c(S(=O)(=O)Nc3ccc(F)cc3)c2)[C@H](C)CO1. The van der Waals surface area contributed by atoms with Gasteiger partial charge in [-0.05, 0) is 56.3 Å². The van der Waals surface area contributed by atoms with E-state index in [2.05, 4.69) is 4.72 Å². The van der Waals surface area contributed by atoms with E-state index in [1.165, 1.54) is 30.3 Å². The summed E-state index contributed by atoms with van der Waals surface area (Å²) in [5, 5.41) is -0.0189. The fourth-order valence-corrected chi connectivity index (χ4v) is 4.51. The Labute approximate surface area is 168 Å². The number of halogens is 2. The average molecular weight is 427 g/mol. The topological polar surface area (TPSA) is 75.7 Å². The number of anilines is 1. The molecule has 1 N–H and O–H groups in total. The molecule has 2 atom stereocenters. The van der Waals surface area contributed by atoms with Gasteiger partial charge in [0.1, 0.15) is 10.7 Å². The van der Waals surface area contributed by atoms with E-state index >= 15 is 0 Å². The van der Waals surface area contributed by atoms with Gasteiger partial charge in [0.2, 0.25) is 0 Å². The zero-order valence-electron chi connectivity index (χ0n) is 15.4. The van der Waals surface area contributed by atoms with E-state index in [9.17, 15) is 17.6 Å². The minimum atomic E-state index is -4.07. The number of rotatable bonds is 4. The van der Waals surface area contributed by atoms with Crippen LogP contribution in [0.25, 0.3) is 0 Å². The number of hydrogen-bond acceptors (Lipinski definition) is 4. The van der Waals surface area contributed by atoms with Gasteiger partial charge in [-0.1, -0.05) is 11.6 Å². The predicted molar refractivity (Wildman–Crippen MR) is 105 cm³/mol. The van der Waals surface area contributed by atoms with Crippen LogP contribution < -0.4 is 4.72 Å². The van der Waals surface area contributed by atoms with Crippen molar-refractivity contribution in [2.24, 2.45) is 0 Å². The Hall–Kier alpha value is -2.16. The third-order valence-electron chi connectivity index (χ3n) is 4.43. The van der Waals surface area contributed by atoms with E-state index in [0.717, 1.165) is 12.1 Å². The van der Waals surface area contributed by atoms with Crippen molar-refractivity contribution in [1.82, 2.24) is 4.90 Å². The lowest BCUT2D eigenvalue weighted by Gasteiger charge is -2.36. The first-order valence-corrected chi connectivity index (χ1v) is 10.5. The van der Waals surface area contributed by atoms with Crippen LogP contribution in [0.5, 0.6) is 0 Å². The summed E-state index contributed by atoms with van der Waals surface area (Å²) in [6.45, 7) is 4.57. The number of nitrogens with one attached hydrogen (secondary N) is 1. The molecule has 1 aliphatic rings. The summed E-state index contributed by atoms with van der Waals surface area (Å²) in [6, 6.07) is 8.87. The van der Waals surface area contributed by atoms with Gasteiger partial charge in [-0.3, -0.25) is 9.52 Å². The number of nitrogens with zero attached hydrogens (tertiary/aromatic N) is 1. The average Bonchev–Trinajstić information content (AvgIpc) is 2.65. The Morgan fingerprint density at radius 1 is 1.21 bits per heavy atom. The van der Waals surface area contributed by atoms with E-state index in [1.54, 1.807) is 4.90 Å². The van der Waals surface area contributed by atoms with Crippen molar-refractivity contribution in [2.45, 2.75) is 30.9 Å². The second kappa shape index (κ2) is 8.06. The number of sulfonamides is 1. The third kappa shape index (κ3) is 4.45. The zero-order valence-corrected chi connectivity index (χ0v) is 16.9. The molecule has 28 heavy (non-hydrogen) atoms. The van der Waals surface area contributed by atoms with Crippen LogP contribution in [0.15, 0.2) is 47.4 Å². The molecule has 1 aliphatic heterocycles. The highest BCUT2D eigenvalue weighted by Gasteiger charge is 2.29. The lowest BCUT2D eigenvalue weighted by molar-refractivity contribution is -0.0387. The first-order chi connectivity index (χ1) is 13.2. The van der Waals surface area contributed by atoms with Crippen LogP contribution in [0.2, 0.25) is 5.02 Å². The number of amides is 1. The predicted octanol–water partition coefficient (Wildman–Crippen LogP) is 3.53. The van der Waals surface area contributed by atoms with E-state index in [0.29, 0.717) is 13.2 Å². The molecule has 2 aromatic rings. The maximum absolute atomic E-state index is 13.0. The first-order valence-electron chi connectivity index (χ1n) is 8.68. The molecular formula is C19H20ClFN2O4S. The minimum Gasteiger partial charge on any atom is -0.375 e. The van der Waals surface area contributed by atoms with Crippen molar-refractivity contribution in [1.29, 1.82) is 0 Å². The van der Waals surface area contributed by atoms with Crippen LogP contribution in [0.1, 0.15) is 24.2 Å². The number of ether oxygens (including phenoxy) is 1. The fourth-order valence-electron chi connectivity index (χ4n) is 2.92. The van der Waals surface area contributed by atoms with Crippen LogP contribution in [-0.4, -0.2) is 44.5 Å². The van der Waals surface area contributed by atoms with E-state index in [4.69, 9.17) is 16.3 Å². The maximum Gasteiger partial charge on any atom is 0.263 e. The highest BCUT2D eigenvalue weighted by molar-refractivity contribution is 7.92. The fraction of sp³-hybridized carbons (Fsp3) is 0.316. The molecule has 1 amide bonds. The number of hydrogen-bond donors (Lipinski definition) is 1. The highest BCUT2D eigenvalue weighted by Crippen LogP contribution is 2.26. The maximum atomic E-state index is 13.0. The quantitative estimate of drug-likeness (QED) is 0.811. The van der Waals surface area contributed by atoms with Gasteiger partial charge in [0.15, 0.2) is 0 Å². The van der Waals surface area contributed by atoms with Crippen LogP contribution in [0, 0.1) is 5.82 Å². The van der Waals surface area contributed by atoms with Crippen LogP contribution in [-0.2, 0) is 14.8 Å². The van der Waals surface area contributed by atoms with Gasteiger partial charge in [0.05, 0.1) is 23.8 Å². The van der Waals surface area contributed by atoms with Crippen molar-refractivity contribution >= 4 is 33.2 Å². The molecule has 0 bridgehead atoms. The molecule has 1 fully saturated rings. The normalized spacial score (nSPS) is 20.1. The number of carbonyl (C=O) groups excluding carboxylic acids is 1. The molecule has 0 unspecified atom stereocenters. The van der Waals surface area contributed by atoms with E-state index < -0.39 is 15.8 Å². The molecule has 9 heteroatoms. The molecular weight excluding hydrogens is 407 g/mol. The van der Waals surface area contributed by atoms with Crippen LogP contribution >= 0.6 is 11.6 Å². The molecule has 6 nitrogen and oxygen atoms in total. The Morgan fingerprint density at radius 2 is 1.89 bits per heavy atom. The molecule has 0 spiro atoms. The van der Waals surface area contributed by atoms with E-state index in [-0.39, 0.29) is 39.2 Å². The van der Waals surface area contributed by atoms with Gasteiger partial charge >= 0.3 is 0 Å². The van der Waals surface area contributed by atoms with Gasteiger partial charge in [-0.2, -0.15) is 0 Å². The summed E-state index contributed by atoms with van der Waals surface area (Å²) in [6.07, 6.45) is -0.101. The van der Waals surface area contributed by atoms with E-state index in [1.807, 2.05) is 13.8 Å². The Kier molecular flexibility index (Phi) is 5.92. The lowest BCUT2D eigenvalue weighted by Crippen LogP contribution is -2.50. The summed E-state index contributed by atoms with van der Waals surface area (Å²) < 4.78 is 46.4. The summed E-state index contributed by atoms with van der Waals surface area (Å²) >= 11 is 6.09. The van der Waals surface area contributed by atoms with Crippen LogP contribution in [0.3, 0.4) is 0 Å². The summed E-state index contributed by atoms with van der Waals surface area (Å²) in [4.78, 5) is 14.3. The van der Waals surface area contributed by atoms with Gasteiger partial charge in [0, 0.05) is 17.8 Å². The second-order valence-corrected chi connectivity index (χ2v) is 8.77. The zero-order chi connectivity index (χ0) is 20.5. The van der Waals surface area contributed by atoms with Crippen molar-refractivity contribution in [3.05, 3.63) is 58.9 Å².